The van der Waals surface area contributed by atoms with Gasteiger partial charge in [-0.1, -0.05) is 23.8 Å². The van der Waals surface area contributed by atoms with Gasteiger partial charge in [0, 0.05) is 17.7 Å². The highest BCUT2D eigenvalue weighted by atomic mass is 16.5. The van der Waals surface area contributed by atoms with E-state index in [1.165, 1.54) is 0 Å². The maximum absolute atomic E-state index is 12.2. The molecule has 0 unspecified atom stereocenters. The van der Waals surface area contributed by atoms with Crippen molar-refractivity contribution in [2.45, 2.75) is 20.4 Å². The zero-order valence-corrected chi connectivity index (χ0v) is 13.4. The summed E-state index contributed by atoms with van der Waals surface area (Å²) < 4.78 is 10.6. The molecular formula is C18H21NO3. The van der Waals surface area contributed by atoms with Gasteiger partial charge in [-0.05, 0) is 37.6 Å². The number of carbonyl (C=O) groups excluding carboxylic acids is 1. The van der Waals surface area contributed by atoms with Crippen LogP contribution < -0.4 is 14.8 Å². The smallest absolute Gasteiger partial charge is 0.251 e. The van der Waals surface area contributed by atoms with Crippen LogP contribution in [-0.2, 0) is 6.54 Å². The minimum absolute atomic E-state index is 0.139. The van der Waals surface area contributed by atoms with Gasteiger partial charge in [0.25, 0.3) is 5.91 Å². The number of nitrogens with one attached hydrogen (secondary N) is 1. The van der Waals surface area contributed by atoms with E-state index in [-0.39, 0.29) is 5.91 Å². The lowest BCUT2D eigenvalue weighted by Crippen LogP contribution is -2.23. The Morgan fingerprint density at radius 2 is 1.86 bits per heavy atom. The predicted octanol–water partition coefficient (Wildman–Crippen LogP) is 3.25. The molecule has 0 aromatic heterocycles. The number of carbonyl (C=O) groups is 1. The SMILES string of the molecule is COc1cccc(C(=O)NCc2cc(C)cc(C)c2OC)c1. The van der Waals surface area contributed by atoms with Gasteiger partial charge in [-0.25, -0.2) is 0 Å². The van der Waals surface area contributed by atoms with Crippen LogP contribution in [0.5, 0.6) is 11.5 Å². The van der Waals surface area contributed by atoms with Crippen molar-refractivity contribution in [1.29, 1.82) is 0 Å². The topological polar surface area (TPSA) is 47.6 Å². The first-order valence-corrected chi connectivity index (χ1v) is 7.11. The molecule has 0 saturated heterocycles. The van der Waals surface area contributed by atoms with E-state index in [1.54, 1.807) is 32.4 Å². The normalized spacial score (nSPS) is 10.2. The number of aryl methyl sites for hydroxylation is 2. The molecule has 2 rings (SSSR count). The first kappa shape index (κ1) is 15.9. The Morgan fingerprint density at radius 3 is 2.55 bits per heavy atom. The van der Waals surface area contributed by atoms with Crippen LogP contribution >= 0.6 is 0 Å². The fourth-order valence-corrected chi connectivity index (χ4v) is 2.51. The third-order valence-electron chi connectivity index (χ3n) is 3.47. The predicted molar refractivity (Wildman–Crippen MR) is 86.6 cm³/mol. The Balaban J connectivity index is 2.14. The van der Waals surface area contributed by atoms with E-state index in [4.69, 9.17) is 9.47 Å². The van der Waals surface area contributed by atoms with Crippen LogP contribution in [0.15, 0.2) is 36.4 Å². The molecule has 22 heavy (non-hydrogen) atoms. The van der Waals surface area contributed by atoms with Crippen molar-refractivity contribution in [1.82, 2.24) is 5.32 Å². The molecule has 0 atom stereocenters. The molecule has 0 radical (unpaired) electrons. The number of amides is 1. The van der Waals surface area contributed by atoms with Crippen molar-refractivity contribution in [3.8, 4) is 11.5 Å². The second-order valence-corrected chi connectivity index (χ2v) is 5.19. The Morgan fingerprint density at radius 1 is 1.09 bits per heavy atom. The van der Waals surface area contributed by atoms with Crippen LogP contribution in [0.1, 0.15) is 27.0 Å². The largest absolute Gasteiger partial charge is 0.497 e. The molecule has 0 fully saturated rings. The van der Waals surface area contributed by atoms with E-state index in [1.807, 2.05) is 26.0 Å². The molecule has 0 aliphatic carbocycles. The number of hydrogen-bond donors (Lipinski definition) is 1. The van der Waals surface area contributed by atoms with Crippen molar-refractivity contribution in [2.75, 3.05) is 14.2 Å². The van der Waals surface area contributed by atoms with Crippen molar-refractivity contribution in [2.24, 2.45) is 0 Å². The zero-order valence-electron chi connectivity index (χ0n) is 13.4. The van der Waals surface area contributed by atoms with Gasteiger partial charge < -0.3 is 14.8 Å². The van der Waals surface area contributed by atoms with Gasteiger partial charge in [0.1, 0.15) is 11.5 Å². The van der Waals surface area contributed by atoms with Gasteiger partial charge in [0.2, 0.25) is 0 Å². The average molecular weight is 299 g/mol. The maximum Gasteiger partial charge on any atom is 0.251 e. The van der Waals surface area contributed by atoms with Crippen molar-refractivity contribution in [3.05, 3.63) is 58.7 Å². The van der Waals surface area contributed by atoms with Crippen molar-refractivity contribution >= 4 is 5.91 Å². The number of methoxy groups -OCH3 is 2. The molecule has 2 aromatic carbocycles. The third-order valence-corrected chi connectivity index (χ3v) is 3.47. The lowest BCUT2D eigenvalue weighted by atomic mass is 10.1. The van der Waals surface area contributed by atoms with Crippen LogP contribution in [0.3, 0.4) is 0 Å². The summed E-state index contributed by atoms with van der Waals surface area (Å²) in [7, 11) is 3.22. The highest BCUT2D eigenvalue weighted by Gasteiger charge is 2.11. The van der Waals surface area contributed by atoms with Gasteiger partial charge in [-0.3, -0.25) is 4.79 Å². The van der Waals surface area contributed by atoms with E-state index in [0.29, 0.717) is 17.9 Å². The van der Waals surface area contributed by atoms with Crippen LogP contribution in [0.2, 0.25) is 0 Å². The standard InChI is InChI=1S/C18H21NO3/c1-12-8-13(2)17(22-4)15(9-12)11-19-18(20)14-6-5-7-16(10-14)21-3/h5-10H,11H2,1-4H3,(H,19,20). The first-order chi connectivity index (χ1) is 10.5. The van der Waals surface area contributed by atoms with Crippen LogP contribution in [0.4, 0.5) is 0 Å². The van der Waals surface area contributed by atoms with Crippen molar-refractivity contribution < 1.29 is 14.3 Å². The summed E-state index contributed by atoms with van der Waals surface area (Å²) in [5.74, 6) is 1.34. The summed E-state index contributed by atoms with van der Waals surface area (Å²) in [5, 5.41) is 2.92. The highest BCUT2D eigenvalue weighted by molar-refractivity contribution is 5.94. The van der Waals surface area contributed by atoms with Gasteiger partial charge in [0.15, 0.2) is 0 Å². The monoisotopic (exact) mass is 299 g/mol. The first-order valence-electron chi connectivity index (χ1n) is 7.11. The van der Waals surface area contributed by atoms with Gasteiger partial charge in [-0.2, -0.15) is 0 Å². The Labute approximate surface area is 131 Å². The molecule has 0 saturated carbocycles. The molecule has 1 N–H and O–H groups in total. The Hall–Kier alpha value is -2.49. The quantitative estimate of drug-likeness (QED) is 0.922. The highest BCUT2D eigenvalue weighted by Crippen LogP contribution is 2.25. The molecule has 0 aliphatic rings. The number of rotatable bonds is 5. The molecule has 0 spiro atoms. The lowest BCUT2D eigenvalue weighted by Gasteiger charge is -2.13. The zero-order chi connectivity index (χ0) is 16.1. The average Bonchev–Trinajstić information content (AvgIpc) is 2.52. The Kier molecular flexibility index (Phi) is 5.04. The summed E-state index contributed by atoms with van der Waals surface area (Å²) >= 11 is 0. The summed E-state index contributed by atoms with van der Waals surface area (Å²) in [6.45, 7) is 4.45. The van der Waals surface area contributed by atoms with Gasteiger partial charge in [-0.15, -0.1) is 0 Å². The second-order valence-electron chi connectivity index (χ2n) is 5.19. The molecule has 4 heteroatoms. The number of hydrogen-bond acceptors (Lipinski definition) is 3. The van der Waals surface area contributed by atoms with E-state index >= 15 is 0 Å². The van der Waals surface area contributed by atoms with Crippen molar-refractivity contribution in [3.63, 3.8) is 0 Å². The lowest BCUT2D eigenvalue weighted by molar-refractivity contribution is 0.0950. The number of benzene rings is 2. The van der Waals surface area contributed by atoms with E-state index < -0.39 is 0 Å². The van der Waals surface area contributed by atoms with Gasteiger partial charge >= 0.3 is 0 Å². The molecule has 2 aromatic rings. The van der Waals surface area contributed by atoms with E-state index in [0.717, 1.165) is 22.4 Å². The van der Waals surface area contributed by atoms with Crippen LogP contribution in [0, 0.1) is 13.8 Å². The maximum atomic E-state index is 12.2. The summed E-state index contributed by atoms with van der Waals surface area (Å²) in [6, 6.07) is 11.2. The summed E-state index contributed by atoms with van der Waals surface area (Å²) in [4.78, 5) is 12.2. The molecule has 1 amide bonds. The molecule has 0 bridgehead atoms. The molecule has 4 nitrogen and oxygen atoms in total. The molecule has 0 heterocycles. The van der Waals surface area contributed by atoms with Crippen LogP contribution in [0.25, 0.3) is 0 Å². The molecule has 116 valence electrons. The molecular weight excluding hydrogens is 278 g/mol. The number of ether oxygens (including phenoxy) is 2. The van der Waals surface area contributed by atoms with Gasteiger partial charge in [0.05, 0.1) is 14.2 Å². The minimum atomic E-state index is -0.139. The third kappa shape index (κ3) is 3.58. The minimum Gasteiger partial charge on any atom is -0.497 e. The van der Waals surface area contributed by atoms with E-state index in [9.17, 15) is 4.79 Å². The molecule has 0 aliphatic heterocycles. The van der Waals surface area contributed by atoms with Crippen LogP contribution in [-0.4, -0.2) is 20.1 Å². The van der Waals surface area contributed by atoms with E-state index in [2.05, 4.69) is 11.4 Å². The fourth-order valence-electron chi connectivity index (χ4n) is 2.51. The summed E-state index contributed by atoms with van der Waals surface area (Å²) in [5.41, 5.74) is 3.75. The second kappa shape index (κ2) is 6.98. The fraction of sp³-hybridized carbons (Fsp3) is 0.278. The summed E-state index contributed by atoms with van der Waals surface area (Å²) in [6.07, 6.45) is 0. The Bertz CT molecular complexity index is 680.